The quantitative estimate of drug-likeness (QED) is 0.516. The summed E-state index contributed by atoms with van der Waals surface area (Å²) in [6.45, 7) is 4.67. The fourth-order valence-electron chi connectivity index (χ4n) is 4.41. The number of rotatable bonds is 6. The highest BCUT2D eigenvalue weighted by Gasteiger charge is 2.43. The number of hydrogen-bond acceptors (Lipinski definition) is 8. The largest absolute Gasteiger partial charge is 0.496 e. The summed E-state index contributed by atoms with van der Waals surface area (Å²) in [6, 6.07) is 14.5. The zero-order chi connectivity index (χ0) is 24.1. The van der Waals surface area contributed by atoms with Crippen LogP contribution in [0.3, 0.4) is 0 Å². The standard InChI is InChI=1S/C25H30N4O5/c1-4-34-24(31)21-22(17-9-5-7-11-19(17)32-2)26-25(27-23(21)30)29-15-13-28(14-16-29)18-10-6-8-12-20(18)33-3/h5-12,21-22H,4,13-16H2,1-3H3,(H,26,27,30)/t21-,22+/m0/s1. The third-order valence-corrected chi connectivity index (χ3v) is 6.10. The topological polar surface area (TPSA) is 92.7 Å². The summed E-state index contributed by atoms with van der Waals surface area (Å²) >= 11 is 0. The van der Waals surface area contributed by atoms with E-state index in [2.05, 4.69) is 10.2 Å². The first-order valence-corrected chi connectivity index (χ1v) is 11.4. The third kappa shape index (κ3) is 4.64. The van der Waals surface area contributed by atoms with Crippen molar-refractivity contribution in [2.45, 2.75) is 13.0 Å². The van der Waals surface area contributed by atoms with Gasteiger partial charge in [0.25, 0.3) is 0 Å². The molecule has 2 aromatic rings. The molecule has 1 fully saturated rings. The van der Waals surface area contributed by atoms with Crippen molar-refractivity contribution in [1.82, 2.24) is 10.2 Å². The number of carbonyl (C=O) groups excluding carboxylic acids is 2. The van der Waals surface area contributed by atoms with Gasteiger partial charge in [-0.05, 0) is 25.1 Å². The first-order valence-electron chi connectivity index (χ1n) is 11.4. The van der Waals surface area contributed by atoms with Crippen molar-refractivity contribution >= 4 is 23.5 Å². The number of nitrogens with zero attached hydrogens (tertiary/aromatic N) is 3. The third-order valence-electron chi connectivity index (χ3n) is 6.10. The second kappa shape index (κ2) is 10.5. The molecule has 2 aliphatic rings. The van der Waals surface area contributed by atoms with Crippen molar-refractivity contribution in [1.29, 1.82) is 0 Å². The average molecular weight is 467 g/mol. The second-order valence-corrected chi connectivity index (χ2v) is 8.00. The van der Waals surface area contributed by atoms with Crippen LogP contribution in [0.15, 0.2) is 53.5 Å². The number of piperazine rings is 1. The lowest BCUT2D eigenvalue weighted by molar-refractivity contribution is -0.153. The lowest BCUT2D eigenvalue weighted by Gasteiger charge is -2.40. The van der Waals surface area contributed by atoms with Crippen LogP contribution in [-0.4, -0.2) is 69.7 Å². The summed E-state index contributed by atoms with van der Waals surface area (Å²) in [5.41, 5.74) is 1.71. The zero-order valence-corrected chi connectivity index (χ0v) is 19.7. The van der Waals surface area contributed by atoms with Gasteiger partial charge in [0.2, 0.25) is 11.9 Å². The van der Waals surface area contributed by atoms with Gasteiger partial charge in [0.1, 0.15) is 17.5 Å². The molecular formula is C25H30N4O5. The summed E-state index contributed by atoms with van der Waals surface area (Å²) in [5, 5.41) is 2.84. The Bertz CT molecular complexity index is 1060. The molecule has 1 N–H and O–H groups in total. The van der Waals surface area contributed by atoms with E-state index >= 15 is 0 Å². The molecule has 0 aliphatic carbocycles. The number of carbonyl (C=O) groups is 2. The van der Waals surface area contributed by atoms with Crippen molar-refractivity contribution in [2.24, 2.45) is 10.9 Å². The predicted octanol–water partition coefficient (Wildman–Crippen LogP) is 2.23. The van der Waals surface area contributed by atoms with Gasteiger partial charge in [0, 0.05) is 31.7 Å². The number of nitrogens with one attached hydrogen (secondary N) is 1. The fourth-order valence-corrected chi connectivity index (χ4v) is 4.41. The number of ether oxygens (including phenoxy) is 3. The number of para-hydroxylation sites is 3. The highest BCUT2D eigenvalue weighted by atomic mass is 16.5. The second-order valence-electron chi connectivity index (χ2n) is 8.00. The molecule has 0 saturated carbocycles. The van der Waals surface area contributed by atoms with Crippen LogP contribution in [-0.2, 0) is 14.3 Å². The highest BCUT2D eigenvalue weighted by Crippen LogP contribution is 2.36. The van der Waals surface area contributed by atoms with E-state index in [0.717, 1.165) is 24.5 Å². The maximum absolute atomic E-state index is 13.1. The first kappa shape index (κ1) is 23.4. The minimum atomic E-state index is -1.09. The number of aliphatic imine (C=N–C) groups is 1. The van der Waals surface area contributed by atoms with Crippen LogP contribution in [0.2, 0.25) is 0 Å². The molecule has 9 nitrogen and oxygen atoms in total. The summed E-state index contributed by atoms with van der Waals surface area (Å²) in [5.74, 6) is -0.254. The molecule has 180 valence electrons. The molecule has 0 unspecified atom stereocenters. The first-order chi connectivity index (χ1) is 16.6. The van der Waals surface area contributed by atoms with E-state index in [-0.39, 0.29) is 6.61 Å². The van der Waals surface area contributed by atoms with Crippen LogP contribution in [0.4, 0.5) is 5.69 Å². The highest BCUT2D eigenvalue weighted by molar-refractivity contribution is 6.08. The molecule has 2 aliphatic heterocycles. The van der Waals surface area contributed by atoms with Crippen molar-refractivity contribution in [3.05, 3.63) is 54.1 Å². The number of methoxy groups -OCH3 is 2. The van der Waals surface area contributed by atoms with Gasteiger partial charge in [-0.25, -0.2) is 4.99 Å². The van der Waals surface area contributed by atoms with Crippen LogP contribution < -0.4 is 19.7 Å². The molecule has 1 saturated heterocycles. The average Bonchev–Trinajstić information content (AvgIpc) is 2.88. The Kier molecular flexibility index (Phi) is 7.20. The van der Waals surface area contributed by atoms with Gasteiger partial charge in [0.15, 0.2) is 5.92 Å². The Labute approximate surface area is 199 Å². The van der Waals surface area contributed by atoms with E-state index in [1.807, 2.05) is 47.4 Å². The lowest BCUT2D eigenvalue weighted by Crippen LogP contribution is -2.57. The molecule has 2 heterocycles. The molecule has 1 amide bonds. The van der Waals surface area contributed by atoms with E-state index in [1.165, 1.54) is 0 Å². The molecule has 0 radical (unpaired) electrons. The maximum atomic E-state index is 13.1. The van der Waals surface area contributed by atoms with E-state index in [1.54, 1.807) is 27.2 Å². The van der Waals surface area contributed by atoms with Crippen LogP contribution in [0.1, 0.15) is 18.5 Å². The van der Waals surface area contributed by atoms with Gasteiger partial charge in [0.05, 0.1) is 26.5 Å². The Morgan fingerprint density at radius 3 is 2.26 bits per heavy atom. The molecule has 9 heteroatoms. The zero-order valence-electron chi connectivity index (χ0n) is 19.7. The van der Waals surface area contributed by atoms with Gasteiger partial charge >= 0.3 is 5.97 Å². The van der Waals surface area contributed by atoms with Crippen LogP contribution in [0, 0.1) is 5.92 Å². The van der Waals surface area contributed by atoms with Gasteiger partial charge in [-0.3, -0.25) is 14.9 Å². The minimum Gasteiger partial charge on any atom is -0.496 e. The number of esters is 1. The van der Waals surface area contributed by atoms with Gasteiger partial charge in [-0.1, -0.05) is 30.3 Å². The molecule has 2 atom stereocenters. The Balaban J connectivity index is 1.59. The van der Waals surface area contributed by atoms with Crippen molar-refractivity contribution in [3.63, 3.8) is 0 Å². The minimum absolute atomic E-state index is 0.183. The predicted molar refractivity (Wildman–Crippen MR) is 128 cm³/mol. The Morgan fingerprint density at radius 2 is 1.59 bits per heavy atom. The number of hydrogen-bond donors (Lipinski definition) is 1. The molecular weight excluding hydrogens is 436 g/mol. The molecule has 34 heavy (non-hydrogen) atoms. The van der Waals surface area contributed by atoms with Crippen molar-refractivity contribution in [3.8, 4) is 11.5 Å². The van der Waals surface area contributed by atoms with Gasteiger partial charge in [-0.2, -0.15) is 0 Å². The number of guanidine groups is 1. The summed E-state index contributed by atoms with van der Waals surface area (Å²) in [7, 11) is 3.22. The lowest BCUT2D eigenvalue weighted by atomic mass is 9.90. The molecule has 0 spiro atoms. The number of benzene rings is 2. The van der Waals surface area contributed by atoms with E-state index in [4.69, 9.17) is 19.2 Å². The smallest absolute Gasteiger partial charge is 0.321 e. The summed E-state index contributed by atoms with van der Waals surface area (Å²) < 4.78 is 16.2. The maximum Gasteiger partial charge on any atom is 0.321 e. The molecule has 2 aromatic carbocycles. The van der Waals surface area contributed by atoms with Crippen LogP contribution in [0.5, 0.6) is 11.5 Å². The van der Waals surface area contributed by atoms with Crippen molar-refractivity contribution < 1.29 is 23.8 Å². The van der Waals surface area contributed by atoms with E-state index in [0.29, 0.717) is 30.4 Å². The number of anilines is 1. The molecule has 0 aromatic heterocycles. The monoisotopic (exact) mass is 466 g/mol. The van der Waals surface area contributed by atoms with Crippen molar-refractivity contribution in [2.75, 3.05) is 51.9 Å². The molecule has 4 rings (SSSR count). The van der Waals surface area contributed by atoms with Crippen LogP contribution >= 0.6 is 0 Å². The van der Waals surface area contributed by atoms with E-state index in [9.17, 15) is 9.59 Å². The summed E-state index contributed by atoms with van der Waals surface area (Å²) in [4.78, 5) is 35.0. The van der Waals surface area contributed by atoms with Crippen LogP contribution in [0.25, 0.3) is 0 Å². The summed E-state index contributed by atoms with van der Waals surface area (Å²) in [6.07, 6.45) is 0. The SMILES string of the molecule is CCOC(=O)[C@@H]1C(=O)NC(N2CCN(c3ccccc3OC)CC2)=N[C@@H]1c1ccccc1OC. The normalized spacial score (nSPS) is 20.3. The molecule has 0 bridgehead atoms. The van der Waals surface area contributed by atoms with Gasteiger partial charge < -0.3 is 24.0 Å². The van der Waals surface area contributed by atoms with Gasteiger partial charge in [-0.15, -0.1) is 0 Å². The number of amides is 1. The fraction of sp³-hybridized carbons (Fsp3) is 0.400. The van der Waals surface area contributed by atoms with E-state index < -0.39 is 23.8 Å². The Hall–Kier alpha value is -3.75. The Morgan fingerprint density at radius 1 is 0.971 bits per heavy atom.